The van der Waals surface area contributed by atoms with Crippen molar-refractivity contribution in [2.24, 2.45) is 0 Å². The largest absolute Gasteiger partial charge is 0.137 e. The van der Waals surface area contributed by atoms with Gasteiger partial charge >= 0.3 is 0 Å². The second-order valence-electron chi connectivity index (χ2n) is 2.46. The molecule has 0 fully saturated rings. The molecule has 0 rings (SSSR count). The van der Waals surface area contributed by atoms with Gasteiger partial charge < -0.3 is 0 Å². The van der Waals surface area contributed by atoms with Gasteiger partial charge in [0.15, 0.2) is 0 Å². The minimum atomic E-state index is -0.174. The van der Waals surface area contributed by atoms with Gasteiger partial charge in [-0.1, -0.05) is 32.9 Å². The Labute approximate surface area is 56.3 Å². The summed E-state index contributed by atoms with van der Waals surface area (Å²) in [6.07, 6.45) is 4.36. The molecule has 0 spiro atoms. The molecule has 0 heterocycles. The van der Waals surface area contributed by atoms with Crippen LogP contribution in [0.2, 0.25) is 13.1 Å². The van der Waals surface area contributed by atoms with Crippen molar-refractivity contribution in [3.63, 3.8) is 0 Å². The Balaban J connectivity index is 2.72. The SMILES string of the molecule is CCCCP[SiH](C)C. The van der Waals surface area contributed by atoms with Gasteiger partial charge in [-0.15, -0.1) is 8.13 Å². The van der Waals surface area contributed by atoms with E-state index >= 15 is 0 Å². The molecule has 0 N–H and O–H groups in total. The number of hydrogen-bond donors (Lipinski definition) is 0. The van der Waals surface area contributed by atoms with Gasteiger partial charge in [0.25, 0.3) is 0 Å². The topological polar surface area (TPSA) is 0 Å². The van der Waals surface area contributed by atoms with E-state index < -0.39 is 0 Å². The second kappa shape index (κ2) is 5.78. The highest BCUT2D eigenvalue weighted by molar-refractivity contribution is 7.75. The third-order valence-electron chi connectivity index (χ3n) is 1.08. The maximum atomic E-state index is 2.44. The van der Waals surface area contributed by atoms with Gasteiger partial charge in [0.1, 0.15) is 0 Å². The zero-order valence-electron chi connectivity index (χ0n) is 6.20. The van der Waals surface area contributed by atoms with E-state index in [0.29, 0.717) is 0 Å². The van der Waals surface area contributed by atoms with Crippen molar-refractivity contribution in [2.75, 3.05) is 6.16 Å². The van der Waals surface area contributed by atoms with Gasteiger partial charge in [0, 0.05) is 0 Å². The van der Waals surface area contributed by atoms with E-state index in [4.69, 9.17) is 0 Å². The number of rotatable bonds is 4. The lowest BCUT2D eigenvalue weighted by Crippen LogP contribution is -1.90. The molecule has 0 amide bonds. The molecule has 1 unspecified atom stereocenters. The first-order chi connectivity index (χ1) is 3.77. The molecule has 0 aliphatic heterocycles. The molecule has 50 valence electrons. The van der Waals surface area contributed by atoms with Gasteiger partial charge in [-0.25, -0.2) is 0 Å². The van der Waals surface area contributed by atoms with E-state index in [1.165, 1.54) is 27.1 Å². The molecular weight excluding hydrogens is 131 g/mol. The van der Waals surface area contributed by atoms with E-state index in [1.54, 1.807) is 0 Å². The van der Waals surface area contributed by atoms with Gasteiger partial charge in [0.05, 0.1) is 8.46 Å². The molecule has 0 saturated carbocycles. The molecule has 8 heavy (non-hydrogen) atoms. The minimum Gasteiger partial charge on any atom is -0.137 e. The lowest BCUT2D eigenvalue weighted by molar-refractivity contribution is 0.896. The Hall–Kier alpha value is 0.647. The molecule has 0 aromatic carbocycles. The van der Waals surface area contributed by atoms with Gasteiger partial charge in [-0.2, -0.15) is 0 Å². The van der Waals surface area contributed by atoms with Crippen LogP contribution in [0.25, 0.3) is 0 Å². The fourth-order valence-electron chi connectivity index (χ4n) is 0.568. The first-order valence-electron chi connectivity index (χ1n) is 3.50. The minimum absolute atomic E-state index is 0.174. The number of hydrogen-bond acceptors (Lipinski definition) is 0. The van der Waals surface area contributed by atoms with Gasteiger partial charge in [0.2, 0.25) is 0 Å². The van der Waals surface area contributed by atoms with Crippen LogP contribution in [0.1, 0.15) is 19.8 Å². The summed E-state index contributed by atoms with van der Waals surface area (Å²) >= 11 is 0. The fourth-order valence-corrected chi connectivity index (χ4v) is 4.05. The lowest BCUT2D eigenvalue weighted by atomic mass is 10.4. The molecule has 0 aliphatic rings. The molecule has 0 bridgehead atoms. The normalized spacial score (nSPS) is 12.0. The van der Waals surface area contributed by atoms with E-state index in [2.05, 4.69) is 20.0 Å². The molecule has 1 atom stereocenters. The van der Waals surface area contributed by atoms with Crippen LogP contribution in [0.15, 0.2) is 0 Å². The summed E-state index contributed by atoms with van der Waals surface area (Å²) in [6.45, 7) is 7.15. The smallest absolute Gasteiger partial charge is 0.0553 e. The van der Waals surface area contributed by atoms with Crippen molar-refractivity contribution in [3.05, 3.63) is 0 Å². The summed E-state index contributed by atoms with van der Waals surface area (Å²) < 4.78 is 0. The highest BCUT2D eigenvalue weighted by Crippen LogP contribution is 2.15. The third kappa shape index (κ3) is 6.65. The van der Waals surface area contributed by atoms with Crippen molar-refractivity contribution in [2.45, 2.75) is 32.9 Å². The highest BCUT2D eigenvalue weighted by Gasteiger charge is 1.91. The predicted molar refractivity (Wildman–Crippen MR) is 47.0 cm³/mol. The summed E-state index contributed by atoms with van der Waals surface area (Å²) in [7, 11) is 1.16. The van der Waals surface area contributed by atoms with Crippen LogP contribution in [0, 0.1) is 0 Å². The highest BCUT2D eigenvalue weighted by atomic mass is 31.3. The first-order valence-corrected chi connectivity index (χ1v) is 8.83. The van der Waals surface area contributed by atoms with Crippen LogP contribution in [0.5, 0.6) is 0 Å². The monoisotopic (exact) mass is 148 g/mol. The van der Waals surface area contributed by atoms with Crippen LogP contribution in [-0.4, -0.2) is 14.6 Å². The Kier molecular flexibility index (Phi) is 6.24. The molecule has 0 radical (unpaired) electrons. The maximum absolute atomic E-state index is 2.44. The molecular formula is C6H17PSi. The summed E-state index contributed by atoms with van der Waals surface area (Å²) in [5.74, 6) is 0. The Morgan fingerprint density at radius 3 is 2.38 bits per heavy atom. The fraction of sp³-hybridized carbons (Fsp3) is 1.00. The van der Waals surface area contributed by atoms with Crippen molar-refractivity contribution < 1.29 is 0 Å². The summed E-state index contributed by atoms with van der Waals surface area (Å²) in [5.41, 5.74) is 0. The molecule has 2 heteroatoms. The average Bonchev–Trinajstić information content (AvgIpc) is 1.66. The van der Waals surface area contributed by atoms with Crippen LogP contribution in [0.3, 0.4) is 0 Å². The van der Waals surface area contributed by atoms with Crippen molar-refractivity contribution >= 4 is 16.6 Å². The molecule has 0 saturated heterocycles. The van der Waals surface area contributed by atoms with Crippen molar-refractivity contribution in [1.29, 1.82) is 0 Å². The Morgan fingerprint density at radius 2 is 2.00 bits per heavy atom. The van der Waals surface area contributed by atoms with Crippen LogP contribution in [0.4, 0.5) is 0 Å². The Bertz CT molecular complexity index is 45.8. The molecule has 0 aromatic rings. The van der Waals surface area contributed by atoms with Gasteiger partial charge in [-0.3, -0.25) is 0 Å². The predicted octanol–water partition coefficient (Wildman–Crippen LogP) is 2.45. The lowest BCUT2D eigenvalue weighted by Gasteiger charge is -1.99. The van der Waals surface area contributed by atoms with E-state index in [1.807, 2.05) is 0 Å². The van der Waals surface area contributed by atoms with Crippen LogP contribution >= 0.6 is 8.13 Å². The average molecular weight is 148 g/mol. The standard InChI is InChI=1S/C6H17PSi/c1-4-5-6-7-8(2)3/h7-8H,4-6H2,1-3H3. The van der Waals surface area contributed by atoms with Crippen molar-refractivity contribution in [1.82, 2.24) is 0 Å². The Morgan fingerprint density at radius 1 is 1.38 bits per heavy atom. The van der Waals surface area contributed by atoms with Gasteiger partial charge in [-0.05, 0) is 6.16 Å². The van der Waals surface area contributed by atoms with Crippen LogP contribution in [-0.2, 0) is 0 Å². The van der Waals surface area contributed by atoms with E-state index in [9.17, 15) is 0 Å². The zero-order chi connectivity index (χ0) is 6.41. The summed E-state index contributed by atoms with van der Waals surface area (Å²) in [5, 5.41) is 0. The quantitative estimate of drug-likeness (QED) is 0.326. The van der Waals surface area contributed by atoms with Crippen molar-refractivity contribution in [3.8, 4) is 0 Å². The first kappa shape index (κ1) is 8.65. The molecule has 0 aliphatic carbocycles. The van der Waals surface area contributed by atoms with E-state index in [0.717, 1.165) is 0 Å². The summed E-state index contributed by atoms with van der Waals surface area (Å²) in [4.78, 5) is 0. The van der Waals surface area contributed by atoms with Crippen LogP contribution < -0.4 is 0 Å². The number of unbranched alkanes of at least 4 members (excludes halogenated alkanes) is 1. The zero-order valence-corrected chi connectivity index (χ0v) is 8.35. The summed E-state index contributed by atoms with van der Waals surface area (Å²) in [6, 6.07) is 0. The molecule has 0 nitrogen and oxygen atoms in total. The molecule has 0 aromatic heterocycles. The third-order valence-corrected chi connectivity index (χ3v) is 5.86. The second-order valence-corrected chi connectivity index (χ2v) is 10.4. The van der Waals surface area contributed by atoms with E-state index in [-0.39, 0.29) is 8.46 Å². The maximum Gasteiger partial charge on any atom is 0.0553 e.